The van der Waals surface area contributed by atoms with Crippen molar-refractivity contribution >= 4 is 17.5 Å². The number of anilines is 1. The predicted octanol–water partition coefficient (Wildman–Crippen LogP) is 2.78. The number of benzene rings is 1. The van der Waals surface area contributed by atoms with Crippen LogP contribution in [0.4, 0.5) is 5.69 Å². The lowest BCUT2D eigenvalue weighted by Crippen LogP contribution is -2.49. The summed E-state index contributed by atoms with van der Waals surface area (Å²) in [7, 11) is 2.05. The molecule has 3 atom stereocenters. The number of hydrogen-bond acceptors (Lipinski definition) is 6. The third-order valence-electron chi connectivity index (χ3n) is 6.57. The van der Waals surface area contributed by atoms with Crippen LogP contribution >= 0.6 is 0 Å². The van der Waals surface area contributed by atoms with E-state index >= 15 is 0 Å². The minimum atomic E-state index is -0.333. The highest BCUT2D eigenvalue weighted by atomic mass is 16.5. The molecule has 8 nitrogen and oxygen atoms in total. The Morgan fingerprint density at radius 3 is 2.71 bits per heavy atom. The van der Waals surface area contributed by atoms with Crippen LogP contribution in [-0.4, -0.2) is 70.6 Å². The van der Waals surface area contributed by atoms with Gasteiger partial charge in [-0.15, -0.1) is 0 Å². The van der Waals surface area contributed by atoms with Crippen molar-refractivity contribution < 1.29 is 19.4 Å². The summed E-state index contributed by atoms with van der Waals surface area (Å²) in [6.45, 7) is 5.68. The van der Waals surface area contributed by atoms with Crippen molar-refractivity contribution in [2.45, 2.75) is 45.4 Å². The Labute approximate surface area is 200 Å². The van der Waals surface area contributed by atoms with E-state index in [0.717, 1.165) is 24.9 Å². The Hall–Kier alpha value is -2.97. The summed E-state index contributed by atoms with van der Waals surface area (Å²) in [5.74, 6) is 0.401. The first-order valence-electron chi connectivity index (χ1n) is 12.0. The summed E-state index contributed by atoms with van der Waals surface area (Å²) < 4.78 is 6.43. The van der Waals surface area contributed by atoms with E-state index in [-0.39, 0.29) is 42.4 Å². The van der Waals surface area contributed by atoms with Crippen LogP contribution in [0.1, 0.15) is 42.6 Å². The topological polar surface area (TPSA) is 95.0 Å². The number of hydrogen-bond donors (Lipinski definition) is 2. The molecule has 4 rings (SSSR count). The van der Waals surface area contributed by atoms with Crippen molar-refractivity contribution in [1.29, 1.82) is 0 Å². The second kappa shape index (κ2) is 10.5. The van der Waals surface area contributed by atoms with Crippen LogP contribution in [0.25, 0.3) is 0 Å². The molecule has 0 saturated heterocycles. The normalized spacial score (nSPS) is 21.3. The molecule has 1 aliphatic heterocycles. The molecular formula is C26H34N4O4. The number of ether oxygens (including phenoxy) is 1. The third kappa shape index (κ3) is 5.74. The highest BCUT2D eigenvalue weighted by molar-refractivity contribution is 6.00. The molecule has 0 unspecified atom stereocenters. The second-order valence-corrected chi connectivity index (χ2v) is 9.65. The average molecular weight is 467 g/mol. The molecule has 2 N–H and O–H groups in total. The summed E-state index contributed by atoms with van der Waals surface area (Å²) in [5.41, 5.74) is 2.16. The molecule has 8 heteroatoms. The maximum absolute atomic E-state index is 13.5. The lowest BCUT2D eigenvalue weighted by Gasteiger charge is -2.38. The number of aliphatic hydroxyl groups is 1. The highest BCUT2D eigenvalue weighted by Gasteiger charge is 2.34. The van der Waals surface area contributed by atoms with Gasteiger partial charge in [0.25, 0.3) is 5.91 Å². The van der Waals surface area contributed by atoms with Gasteiger partial charge in [0.05, 0.1) is 18.2 Å². The van der Waals surface area contributed by atoms with Crippen LogP contribution in [0.2, 0.25) is 0 Å². The first-order valence-corrected chi connectivity index (χ1v) is 12.0. The van der Waals surface area contributed by atoms with Crippen LogP contribution in [0.3, 0.4) is 0 Å². The molecule has 0 spiro atoms. The van der Waals surface area contributed by atoms with Gasteiger partial charge in [0.15, 0.2) is 0 Å². The minimum Gasteiger partial charge on any atom is -0.488 e. The van der Waals surface area contributed by atoms with Crippen molar-refractivity contribution in [2.75, 3.05) is 32.1 Å². The lowest BCUT2D eigenvalue weighted by atomic mass is 9.99. The van der Waals surface area contributed by atoms with Crippen LogP contribution < -0.4 is 10.1 Å². The molecule has 2 aliphatic rings. The number of nitrogens with zero attached hydrogens (tertiary/aromatic N) is 3. The summed E-state index contributed by atoms with van der Waals surface area (Å²) in [4.78, 5) is 33.7. The van der Waals surface area contributed by atoms with Gasteiger partial charge in [0.2, 0.25) is 5.91 Å². The zero-order chi connectivity index (χ0) is 24.2. The smallest absolute Gasteiger partial charge is 0.258 e. The number of rotatable bonds is 8. The van der Waals surface area contributed by atoms with Gasteiger partial charge in [0, 0.05) is 49.6 Å². The fourth-order valence-corrected chi connectivity index (χ4v) is 4.28. The standard InChI is InChI=1S/C26H34N4O4/c1-17-13-30(18(2)16-31)26(33)22-12-21(28-25(32)20-4-5-20)6-7-23(22)34-24(17)15-29(3)14-19-8-10-27-11-9-19/h6-12,17-18,20,24,31H,4-5,13-16H2,1-3H3,(H,28,32)/t17-,18-,24-/m0/s1. The van der Waals surface area contributed by atoms with Gasteiger partial charge in [-0.3, -0.25) is 19.5 Å². The first kappa shape index (κ1) is 24.2. The third-order valence-corrected chi connectivity index (χ3v) is 6.57. The molecule has 182 valence electrons. The van der Waals surface area contributed by atoms with Gasteiger partial charge < -0.3 is 20.1 Å². The fraction of sp³-hybridized carbons (Fsp3) is 0.500. The summed E-state index contributed by atoms with van der Waals surface area (Å²) in [6, 6.07) is 8.91. The van der Waals surface area contributed by atoms with Crippen molar-refractivity contribution in [3.63, 3.8) is 0 Å². The number of likely N-dealkylation sites (N-methyl/N-ethyl adjacent to an activating group) is 1. The second-order valence-electron chi connectivity index (χ2n) is 9.65. The van der Waals surface area contributed by atoms with Crippen molar-refractivity contribution in [3.05, 3.63) is 53.9 Å². The number of carbonyl (C=O) groups is 2. The average Bonchev–Trinajstić information content (AvgIpc) is 3.67. The van der Waals surface area contributed by atoms with Gasteiger partial charge in [0.1, 0.15) is 11.9 Å². The molecule has 1 fully saturated rings. The van der Waals surface area contributed by atoms with Crippen LogP contribution in [0.15, 0.2) is 42.7 Å². The number of aromatic nitrogens is 1. The Morgan fingerprint density at radius 2 is 2.03 bits per heavy atom. The first-order chi connectivity index (χ1) is 16.4. The molecule has 2 amide bonds. The van der Waals surface area contributed by atoms with Crippen molar-refractivity contribution in [2.24, 2.45) is 11.8 Å². The Morgan fingerprint density at radius 1 is 1.29 bits per heavy atom. The Kier molecular flexibility index (Phi) is 7.48. The summed E-state index contributed by atoms with van der Waals surface area (Å²) in [5, 5.41) is 12.7. The Bertz CT molecular complexity index is 1010. The largest absolute Gasteiger partial charge is 0.488 e. The van der Waals surface area contributed by atoms with Crippen LogP contribution in [0, 0.1) is 11.8 Å². The van der Waals surface area contributed by atoms with Gasteiger partial charge >= 0.3 is 0 Å². The number of fused-ring (bicyclic) bond motifs is 1. The molecule has 2 aromatic rings. The van der Waals surface area contributed by atoms with Crippen molar-refractivity contribution in [1.82, 2.24) is 14.8 Å². The van der Waals surface area contributed by atoms with E-state index in [9.17, 15) is 14.7 Å². The lowest BCUT2D eigenvalue weighted by molar-refractivity contribution is -0.117. The van der Waals surface area contributed by atoms with Gasteiger partial charge in [-0.2, -0.15) is 0 Å². The molecule has 0 bridgehead atoms. The minimum absolute atomic E-state index is 0.0102. The zero-order valence-electron chi connectivity index (χ0n) is 20.1. The Balaban J connectivity index is 1.58. The summed E-state index contributed by atoms with van der Waals surface area (Å²) in [6.07, 6.45) is 5.22. The van der Waals surface area contributed by atoms with E-state index in [1.807, 2.05) is 26.1 Å². The molecule has 1 aliphatic carbocycles. The van der Waals surface area contributed by atoms with E-state index in [2.05, 4.69) is 22.1 Å². The zero-order valence-corrected chi connectivity index (χ0v) is 20.1. The molecule has 1 saturated carbocycles. The molecule has 1 aromatic carbocycles. The maximum Gasteiger partial charge on any atom is 0.258 e. The van der Waals surface area contributed by atoms with Crippen LogP contribution in [0.5, 0.6) is 5.75 Å². The van der Waals surface area contributed by atoms with E-state index in [0.29, 0.717) is 30.1 Å². The van der Waals surface area contributed by atoms with E-state index < -0.39 is 0 Å². The van der Waals surface area contributed by atoms with E-state index in [1.54, 1.807) is 35.5 Å². The molecule has 2 heterocycles. The monoisotopic (exact) mass is 466 g/mol. The van der Waals surface area contributed by atoms with Crippen molar-refractivity contribution in [3.8, 4) is 5.75 Å². The maximum atomic E-state index is 13.5. The number of carbonyl (C=O) groups excluding carboxylic acids is 2. The van der Waals surface area contributed by atoms with Gasteiger partial charge in [-0.05, 0) is 62.7 Å². The predicted molar refractivity (Wildman–Crippen MR) is 130 cm³/mol. The summed E-state index contributed by atoms with van der Waals surface area (Å²) >= 11 is 0. The van der Waals surface area contributed by atoms with Gasteiger partial charge in [-0.1, -0.05) is 6.92 Å². The molecular weight excluding hydrogens is 432 g/mol. The molecule has 34 heavy (non-hydrogen) atoms. The molecule has 0 radical (unpaired) electrons. The number of amides is 2. The SMILES string of the molecule is C[C@H]1CN([C@@H](C)CO)C(=O)c2cc(NC(=O)C3CC3)ccc2O[C@H]1CN(C)Cc1ccncc1. The highest BCUT2D eigenvalue weighted by Crippen LogP contribution is 2.33. The quantitative estimate of drug-likeness (QED) is 0.621. The molecule has 1 aromatic heterocycles. The number of pyridine rings is 1. The van der Waals surface area contributed by atoms with Gasteiger partial charge in [-0.25, -0.2) is 0 Å². The van der Waals surface area contributed by atoms with E-state index in [1.165, 1.54) is 0 Å². The van der Waals surface area contributed by atoms with Crippen LogP contribution in [-0.2, 0) is 11.3 Å². The number of aliphatic hydroxyl groups excluding tert-OH is 1. The van der Waals surface area contributed by atoms with E-state index in [4.69, 9.17) is 4.74 Å². The fourth-order valence-electron chi connectivity index (χ4n) is 4.28. The number of nitrogens with one attached hydrogen (secondary N) is 1.